The van der Waals surface area contributed by atoms with E-state index in [-0.39, 0.29) is 9.90 Å². The molecule has 0 bridgehead atoms. The molecule has 25 heavy (non-hydrogen) atoms. The number of hydrogen-bond donors (Lipinski definition) is 1. The summed E-state index contributed by atoms with van der Waals surface area (Å²) in [6, 6.07) is 28.8. The van der Waals surface area contributed by atoms with Crippen molar-refractivity contribution in [2.45, 2.75) is 10.2 Å². The predicted octanol–water partition coefficient (Wildman–Crippen LogP) is 5.25. The lowest BCUT2D eigenvalue weighted by Crippen LogP contribution is -2.34. The Morgan fingerprint density at radius 2 is 1.12 bits per heavy atom. The van der Waals surface area contributed by atoms with Crippen molar-refractivity contribution in [3.8, 4) is 0 Å². The van der Waals surface area contributed by atoms with Gasteiger partial charge in [-0.1, -0.05) is 107 Å². The van der Waals surface area contributed by atoms with E-state index in [1.807, 2.05) is 91.0 Å². The van der Waals surface area contributed by atoms with Crippen molar-refractivity contribution in [3.05, 3.63) is 108 Å². The summed E-state index contributed by atoms with van der Waals surface area (Å²) in [5.74, 6) is -1.63. The Morgan fingerprint density at radius 1 is 0.760 bits per heavy atom. The van der Waals surface area contributed by atoms with Crippen LogP contribution in [-0.2, 0) is 9.12 Å². The number of rotatable bonds is 5. The monoisotopic (exact) mass is 414 g/mol. The van der Waals surface area contributed by atoms with Crippen LogP contribution in [0.2, 0.25) is 0 Å². The first-order valence-corrected chi connectivity index (χ1v) is 8.51. The van der Waals surface area contributed by atoms with Crippen molar-refractivity contribution in [1.29, 1.82) is 0 Å². The first-order chi connectivity index (χ1) is 11.6. The molecule has 0 amide bonds. The zero-order chi connectivity index (χ0) is 17.0. The van der Waals surface area contributed by atoms with E-state index in [0.717, 1.165) is 16.7 Å². The maximum absolute atomic E-state index is 12.3. The molecule has 0 radical (unpaired) electrons. The van der Waals surface area contributed by atoms with E-state index in [1.54, 1.807) is 0 Å². The molecule has 4 heteroatoms. The molecule has 2 nitrogen and oxygen atoms in total. The lowest BCUT2D eigenvalue weighted by atomic mass is 9.77. The average Bonchev–Trinajstić information content (AvgIpc) is 2.64. The topological polar surface area (TPSA) is 37.3 Å². The Hall–Kier alpha value is -1.96. The molecule has 1 N–H and O–H groups in total. The number of halogens is 1. The van der Waals surface area contributed by atoms with Gasteiger partial charge in [0.25, 0.3) is 0 Å². The summed E-state index contributed by atoms with van der Waals surface area (Å²) in [5, 5.41) is 10.1. The van der Waals surface area contributed by atoms with Gasteiger partial charge >= 0.3 is 5.97 Å². The molecule has 3 aromatic carbocycles. The fraction of sp³-hybridized carbons (Fsp3) is 0.0952. The molecule has 0 aliphatic rings. The molecule has 3 rings (SSSR count). The molecule has 0 aromatic heterocycles. The van der Waals surface area contributed by atoms with E-state index in [4.69, 9.17) is 0 Å². The van der Waals surface area contributed by atoms with Gasteiger partial charge in [0.1, 0.15) is 5.92 Å². The summed E-state index contributed by atoms with van der Waals surface area (Å²) < 4.78 is -0.858. The molecule has 3 aromatic rings. The van der Waals surface area contributed by atoms with Crippen LogP contribution in [0, 0.1) is 0 Å². The molecule has 0 aliphatic heterocycles. The fourth-order valence-electron chi connectivity index (χ4n) is 3.05. The van der Waals surface area contributed by atoms with Crippen LogP contribution < -0.4 is 0 Å². The highest BCUT2D eigenvalue weighted by Crippen LogP contribution is 2.49. The number of alkyl halides is 1. The average molecular weight is 415 g/mol. The van der Waals surface area contributed by atoms with Gasteiger partial charge in [-0.2, -0.15) is 9.90 Å². The zero-order valence-electron chi connectivity index (χ0n) is 13.7. The molecule has 0 heterocycles. The minimum absolute atomic E-state index is 0. The Labute approximate surface area is 159 Å². The van der Waals surface area contributed by atoms with Gasteiger partial charge in [-0.3, -0.25) is 4.79 Å². The lowest BCUT2D eigenvalue weighted by Gasteiger charge is -2.35. The third-order valence-corrected chi connectivity index (χ3v) is 5.54. The van der Waals surface area contributed by atoms with Crippen LogP contribution in [0.5, 0.6) is 0 Å². The van der Waals surface area contributed by atoms with Crippen molar-refractivity contribution in [2.24, 2.45) is 0 Å². The maximum Gasteiger partial charge on any atom is 0.313 e. The molecule has 2 atom stereocenters. The van der Waals surface area contributed by atoms with E-state index in [1.165, 1.54) is 0 Å². The van der Waals surface area contributed by atoms with Crippen molar-refractivity contribution in [2.75, 3.05) is 0 Å². The van der Waals surface area contributed by atoms with Crippen LogP contribution >= 0.6 is 25.8 Å². The van der Waals surface area contributed by atoms with E-state index >= 15 is 0 Å². The molecule has 0 saturated heterocycles. The summed E-state index contributed by atoms with van der Waals surface area (Å²) in [7, 11) is 0. The van der Waals surface area contributed by atoms with Gasteiger partial charge in [0.2, 0.25) is 0 Å². The summed E-state index contributed by atoms with van der Waals surface area (Å²) >= 11 is 3.82. The number of carboxylic acid groups (broad SMARTS) is 1. The summed E-state index contributed by atoms with van der Waals surface area (Å²) in [5.41, 5.74) is 2.58. The third kappa shape index (κ3) is 3.84. The Kier molecular flexibility index (Phi) is 6.52. The standard InChI is InChI=1S/C21H17BrO2.H3P/c22-21(17-12-6-2-7-13-17,18-14-8-3-9-15-18)19(20(23)24)16-10-4-1-5-11-16;/h1-15,19H,(H,23,24);1H3. The van der Waals surface area contributed by atoms with Crippen LogP contribution in [0.1, 0.15) is 22.6 Å². The summed E-state index contributed by atoms with van der Waals surface area (Å²) in [6.45, 7) is 0. The number of carbonyl (C=O) groups is 1. The second-order valence-electron chi connectivity index (χ2n) is 5.63. The van der Waals surface area contributed by atoms with Gasteiger partial charge in [-0.05, 0) is 16.7 Å². The number of benzene rings is 3. The van der Waals surface area contributed by atoms with Crippen LogP contribution in [0.4, 0.5) is 0 Å². The Morgan fingerprint density at radius 3 is 1.48 bits per heavy atom. The van der Waals surface area contributed by atoms with E-state index in [0.29, 0.717) is 0 Å². The van der Waals surface area contributed by atoms with Crippen LogP contribution in [0.15, 0.2) is 91.0 Å². The summed E-state index contributed by atoms with van der Waals surface area (Å²) in [6.07, 6.45) is 0. The largest absolute Gasteiger partial charge is 0.481 e. The molecule has 0 aliphatic carbocycles. The normalized spacial score (nSPS) is 12.0. The minimum Gasteiger partial charge on any atom is -0.481 e. The highest BCUT2D eigenvalue weighted by molar-refractivity contribution is 9.09. The van der Waals surface area contributed by atoms with Gasteiger partial charge in [0.15, 0.2) is 0 Å². The molecular formula is C21H20BrO2P. The van der Waals surface area contributed by atoms with Crippen molar-refractivity contribution in [1.82, 2.24) is 0 Å². The van der Waals surface area contributed by atoms with E-state index in [9.17, 15) is 9.90 Å². The van der Waals surface area contributed by atoms with Crippen molar-refractivity contribution in [3.63, 3.8) is 0 Å². The smallest absolute Gasteiger partial charge is 0.313 e. The fourth-order valence-corrected chi connectivity index (χ4v) is 4.04. The first-order valence-electron chi connectivity index (χ1n) is 7.71. The van der Waals surface area contributed by atoms with Crippen LogP contribution in [0.25, 0.3) is 0 Å². The Balaban J connectivity index is 0.00000225. The van der Waals surface area contributed by atoms with E-state index < -0.39 is 16.2 Å². The zero-order valence-corrected chi connectivity index (χ0v) is 16.7. The molecular weight excluding hydrogens is 395 g/mol. The molecule has 128 valence electrons. The third-order valence-electron chi connectivity index (χ3n) is 4.17. The quantitative estimate of drug-likeness (QED) is 0.457. The first kappa shape index (κ1) is 19.4. The lowest BCUT2D eigenvalue weighted by molar-refractivity contribution is -0.139. The predicted molar refractivity (Wildman–Crippen MR) is 111 cm³/mol. The SMILES string of the molecule is O=C(O)C(c1ccccc1)C(Br)(c1ccccc1)c1ccccc1.P. The van der Waals surface area contributed by atoms with Crippen molar-refractivity contribution < 1.29 is 9.90 Å². The van der Waals surface area contributed by atoms with E-state index in [2.05, 4.69) is 15.9 Å². The maximum atomic E-state index is 12.3. The highest BCUT2D eigenvalue weighted by atomic mass is 79.9. The summed E-state index contributed by atoms with van der Waals surface area (Å²) in [4.78, 5) is 12.3. The molecule has 0 fully saturated rings. The van der Waals surface area contributed by atoms with Crippen molar-refractivity contribution >= 4 is 31.8 Å². The van der Waals surface area contributed by atoms with Crippen LogP contribution in [0.3, 0.4) is 0 Å². The van der Waals surface area contributed by atoms with Gasteiger partial charge < -0.3 is 5.11 Å². The van der Waals surface area contributed by atoms with Gasteiger partial charge in [-0.15, -0.1) is 0 Å². The number of carboxylic acids is 1. The van der Waals surface area contributed by atoms with Gasteiger partial charge in [0.05, 0.1) is 4.32 Å². The molecule has 0 spiro atoms. The van der Waals surface area contributed by atoms with Crippen LogP contribution in [-0.4, -0.2) is 11.1 Å². The number of hydrogen-bond acceptors (Lipinski definition) is 1. The van der Waals surface area contributed by atoms with Gasteiger partial charge in [0, 0.05) is 0 Å². The molecule has 0 saturated carbocycles. The second-order valence-corrected chi connectivity index (χ2v) is 6.88. The Bertz CT molecular complexity index is 768. The second kappa shape index (κ2) is 8.42. The van der Waals surface area contributed by atoms with Gasteiger partial charge in [-0.25, -0.2) is 0 Å². The minimum atomic E-state index is -0.870. The molecule has 2 unspecified atom stereocenters. The highest BCUT2D eigenvalue weighted by Gasteiger charge is 2.45. The number of aliphatic carboxylic acids is 1.